The van der Waals surface area contributed by atoms with Gasteiger partial charge in [-0.2, -0.15) is 0 Å². The Balaban J connectivity index is 4.61. The summed E-state index contributed by atoms with van der Waals surface area (Å²) in [5.41, 5.74) is 5.52. The molecule has 0 rings (SSSR count). The van der Waals surface area contributed by atoms with E-state index in [2.05, 4.69) is 20.8 Å². The van der Waals surface area contributed by atoms with E-state index in [1.165, 1.54) is 0 Å². The first-order valence-corrected chi connectivity index (χ1v) is 6.32. The van der Waals surface area contributed by atoms with Crippen LogP contribution in [0.2, 0.25) is 0 Å². The van der Waals surface area contributed by atoms with Crippen LogP contribution in [-0.4, -0.2) is 12.3 Å². The van der Waals surface area contributed by atoms with Gasteiger partial charge in [0.25, 0.3) is 0 Å². The molecule has 0 aliphatic rings. The van der Waals surface area contributed by atoms with Gasteiger partial charge in [0, 0.05) is 11.3 Å². The second-order valence-corrected chi connectivity index (χ2v) is 7.01. The van der Waals surface area contributed by atoms with Crippen LogP contribution in [0.4, 0.5) is 0 Å². The summed E-state index contributed by atoms with van der Waals surface area (Å²) in [4.78, 5) is 12.3. The highest BCUT2D eigenvalue weighted by molar-refractivity contribution is 5.85. The lowest BCUT2D eigenvalue weighted by Gasteiger charge is -2.29. The number of nitrogens with two attached hydrogens (primary N) is 1. The number of ketones is 1. The van der Waals surface area contributed by atoms with Crippen molar-refractivity contribution in [3.8, 4) is 0 Å². The lowest BCUT2D eigenvalue weighted by atomic mass is 9.74. The van der Waals surface area contributed by atoms with E-state index in [9.17, 15) is 4.79 Å². The molecule has 0 bridgehead atoms. The molecule has 0 fully saturated rings. The van der Waals surface area contributed by atoms with Crippen LogP contribution in [0, 0.1) is 16.7 Å². The minimum absolute atomic E-state index is 0.170. The average Bonchev–Trinajstić information content (AvgIpc) is 2.07. The molecule has 0 aromatic heterocycles. The van der Waals surface area contributed by atoms with Crippen LogP contribution in [0.25, 0.3) is 0 Å². The Morgan fingerprint density at radius 3 is 1.94 bits per heavy atom. The molecule has 0 aromatic rings. The van der Waals surface area contributed by atoms with E-state index < -0.39 is 0 Å². The van der Waals surface area contributed by atoms with E-state index in [-0.39, 0.29) is 16.7 Å². The average molecular weight is 227 g/mol. The van der Waals surface area contributed by atoms with Gasteiger partial charge in [0.15, 0.2) is 0 Å². The molecule has 2 nitrogen and oxygen atoms in total. The number of Topliss-reactive ketones (excluding diaryl/α,β-unsaturated/α-hetero) is 1. The maximum atomic E-state index is 12.3. The largest absolute Gasteiger partial charge is 0.330 e. The molecule has 0 saturated carbocycles. The third-order valence-corrected chi connectivity index (χ3v) is 2.73. The molecule has 0 aliphatic heterocycles. The molecule has 96 valence electrons. The van der Waals surface area contributed by atoms with Crippen molar-refractivity contribution in [2.24, 2.45) is 22.5 Å². The van der Waals surface area contributed by atoms with Crippen LogP contribution < -0.4 is 5.73 Å². The molecule has 2 N–H and O–H groups in total. The number of carbonyl (C=O) groups is 1. The maximum absolute atomic E-state index is 12.3. The zero-order chi connectivity index (χ0) is 13.0. The molecule has 0 aromatic carbocycles. The lowest BCUT2D eigenvalue weighted by molar-refractivity contribution is -0.131. The third-order valence-electron chi connectivity index (χ3n) is 2.73. The summed E-state index contributed by atoms with van der Waals surface area (Å²) in [6.07, 6.45) is 2.84. The topological polar surface area (TPSA) is 43.1 Å². The van der Waals surface area contributed by atoms with E-state index >= 15 is 0 Å². The predicted octanol–water partition coefficient (Wildman–Crippen LogP) is 3.39. The minimum Gasteiger partial charge on any atom is -0.330 e. The summed E-state index contributed by atoms with van der Waals surface area (Å²) in [5, 5.41) is 0. The lowest BCUT2D eigenvalue weighted by Crippen LogP contribution is -2.31. The number of hydrogen-bond acceptors (Lipinski definition) is 2. The molecule has 0 heterocycles. The number of hydrogen-bond donors (Lipinski definition) is 1. The van der Waals surface area contributed by atoms with Crippen molar-refractivity contribution in [2.75, 3.05) is 6.54 Å². The van der Waals surface area contributed by atoms with Crippen LogP contribution in [0.5, 0.6) is 0 Å². The van der Waals surface area contributed by atoms with Gasteiger partial charge in [-0.25, -0.2) is 0 Å². The molecule has 0 unspecified atom stereocenters. The Labute approximate surface area is 101 Å². The van der Waals surface area contributed by atoms with Crippen LogP contribution in [-0.2, 0) is 4.79 Å². The zero-order valence-electron chi connectivity index (χ0n) is 11.9. The van der Waals surface area contributed by atoms with Crippen molar-refractivity contribution in [1.82, 2.24) is 0 Å². The summed E-state index contributed by atoms with van der Waals surface area (Å²) in [5.74, 6) is 0.555. The minimum atomic E-state index is -0.232. The SMILES string of the molecule is CC(C)(C)C[C@H](CCCN)C(=O)C(C)(C)C. The summed E-state index contributed by atoms with van der Waals surface area (Å²) >= 11 is 0. The first-order chi connectivity index (χ1) is 7.08. The van der Waals surface area contributed by atoms with Gasteiger partial charge in [-0.15, -0.1) is 0 Å². The Bertz CT molecular complexity index is 220. The van der Waals surface area contributed by atoms with Crippen LogP contribution in [0.15, 0.2) is 0 Å². The highest BCUT2D eigenvalue weighted by atomic mass is 16.1. The van der Waals surface area contributed by atoms with Gasteiger partial charge in [-0.3, -0.25) is 4.79 Å². The Hall–Kier alpha value is -0.370. The summed E-state index contributed by atoms with van der Waals surface area (Å²) < 4.78 is 0. The van der Waals surface area contributed by atoms with Gasteiger partial charge in [0.2, 0.25) is 0 Å². The number of carbonyl (C=O) groups excluding carboxylic acids is 1. The molecule has 2 heteroatoms. The predicted molar refractivity (Wildman–Crippen MR) is 70.3 cm³/mol. The first-order valence-electron chi connectivity index (χ1n) is 6.32. The second-order valence-electron chi connectivity index (χ2n) is 7.01. The molecule has 0 spiro atoms. The van der Waals surface area contributed by atoms with Gasteiger partial charge < -0.3 is 5.73 Å². The second kappa shape index (κ2) is 5.81. The van der Waals surface area contributed by atoms with Crippen molar-refractivity contribution in [2.45, 2.75) is 60.8 Å². The summed E-state index contributed by atoms with van der Waals surface area (Å²) in [7, 11) is 0. The van der Waals surface area contributed by atoms with Crippen molar-refractivity contribution in [3.05, 3.63) is 0 Å². The van der Waals surface area contributed by atoms with E-state index in [0.29, 0.717) is 12.3 Å². The summed E-state index contributed by atoms with van der Waals surface area (Å²) in [6.45, 7) is 13.3. The molecule has 0 radical (unpaired) electrons. The van der Waals surface area contributed by atoms with Gasteiger partial charge in [0.1, 0.15) is 5.78 Å². The zero-order valence-corrected chi connectivity index (χ0v) is 11.9. The maximum Gasteiger partial charge on any atom is 0.141 e. The van der Waals surface area contributed by atoms with Crippen LogP contribution in [0.1, 0.15) is 60.8 Å². The van der Waals surface area contributed by atoms with Gasteiger partial charge in [0.05, 0.1) is 0 Å². The molecule has 0 saturated heterocycles. The standard InChI is InChI=1S/C14H29NO/c1-13(2,3)10-11(8-7-9-15)12(16)14(4,5)6/h11H,7-10,15H2,1-6H3/t11-/m0/s1. The van der Waals surface area contributed by atoms with Crippen LogP contribution in [0.3, 0.4) is 0 Å². The Morgan fingerprint density at radius 2 is 1.62 bits per heavy atom. The van der Waals surface area contributed by atoms with Crippen molar-refractivity contribution < 1.29 is 4.79 Å². The van der Waals surface area contributed by atoms with Gasteiger partial charge in [-0.05, 0) is 31.2 Å². The fraction of sp³-hybridized carbons (Fsp3) is 0.929. The van der Waals surface area contributed by atoms with Gasteiger partial charge >= 0.3 is 0 Å². The first kappa shape index (κ1) is 15.6. The summed E-state index contributed by atoms with van der Waals surface area (Å²) in [6, 6.07) is 0. The van der Waals surface area contributed by atoms with Crippen molar-refractivity contribution in [3.63, 3.8) is 0 Å². The molecule has 0 aliphatic carbocycles. The smallest absolute Gasteiger partial charge is 0.141 e. The fourth-order valence-electron chi connectivity index (χ4n) is 2.04. The fourth-order valence-corrected chi connectivity index (χ4v) is 2.04. The van der Waals surface area contributed by atoms with Crippen LogP contribution >= 0.6 is 0 Å². The monoisotopic (exact) mass is 227 g/mol. The van der Waals surface area contributed by atoms with E-state index in [0.717, 1.165) is 19.3 Å². The highest BCUT2D eigenvalue weighted by Gasteiger charge is 2.31. The molecule has 0 amide bonds. The molecule has 16 heavy (non-hydrogen) atoms. The normalized spacial score (nSPS) is 14.9. The van der Waals surface area contributed by atoms with Gasteiger partial charge in [-0.1, -0.05) is 41.5 Å². The highest BCUT2D eigenvalue weighted by Crippen LogP contribution is 2.32. The molecular formula is C14H29NO. The van der Waals surface area contributed by atoms with E-state index in [1.54, 1.807) is 0 Å². The molecule has 1 atom stereocenters. The van der Waals surface area contributed by atoms with E-state index in [4.69, 9.17) is 5.73 Å². The Morgan fingerprint density at radius 1 is 1.12 bits per heavy atom. The Kier molecular flexibility index (Phi) is 5.67. The van der Waals surface area contributed by atoms with Crippen molar-refractivity contribution >= 4 is 5.78 Å². The number of rotatable bonds is 5. The van der Waals surface area contributed by atoms with Crippen molar-refractivity contribution in [1.29, 1.82) is 0 Å². The van der Waals surface area contributed by atoms with E-state index in [1.807, 2.05) is 20.8 Å². The quantitative estimate of drug-likeness (QED) is 0.782. The molecular weight excluding hydrogens is 198 g/mol. The third kappa shape index (κ3) is 6.26.